The van der Waals surface area contributed by atoms with Crippen LogP contribution >= 0.6 is 0 Å². The number of benzene rings is 1. The molecule has 0 unspecified atom stereocenters. The number of pyridine rings is 1. The average molecular weight is 406 g/mol. The number of aromatic amines is 1. The van der Waals surface area contributed by atoms with Crippen LogP contribution < -0.4 is 11.1 Å². The molecule has 2 heterocycles. The average Bonchev–Trinajstić information content (AvgIpc) is 3.24. The topological polar surface area (TPSA) is 110 Å². The van der Waals surface area contributed by atoms with E-state index in [0.717, 1.165) is 40.8 Å². The van der Waals surface area contributed by atoms with Gasteiger partial charge in [0.1, 0.15) is 11.7 Å². The van der Waals surface area contributed by atoms with Crippen LogP contribution in [0.3, 0.4) is 0 Å². The van der Waals surface area contributed by atoms with E-state index in [-0.39, 0.29) is 23.7 Å². The lowest BCUT2D eigenvalue weighted by Crippen LogP contribution is -2.41. The van der Waals surface area contributed by atoms with Crippen molar-refractivity contribution in [3.8, 4) is 11.3 Å². The Morgan fingerprint density at radius 2 is 1.90 bits per heavy atom. The number of nitrogens with zero attached hydrogens (tertiary/aromatic N) is 1. The molecular formula is C23H26N4O3. The SMILES string of the molecule is COC(=O)[C@H](N)[C@H]1CC[C@H](C(=O)Nc2ccnc3[nH]c(-c4ccccc4)cc23)CC1. The normalized spacial score (nSPS) is 19.9. The summed E-state index contributed by atoms with van der Waals surface area (Å²) in [6.45, 7) is 0. The molecule has 0 bridgehead atoms. The maximum absolute atomic E-state index is 12.9. The summed E-state index contributed by atoms with van der Waals surface area (Å²) in [6.07, 6.45) is 4.58. The van der Waals surface area contributed by atoms with Gasteiger partial charge in [0.15, 0.2) is 0 Å². The molecule has 1 aliphatic carbocycles. The molecule has 7 heteroatoms. The van der Waals surface area contributed by atoms with Gasteiger partial charge in [-0.1, -0.05) is 30.3 Å². The van der Waals surface area contributed by atoms with Gasteiger partial charge in [0.2, 0.25) is 5.91 Å². The predicted octanol–water partition coefficient (Wildman–Crippen LogP) is 3.48. The Bertz CT molecular complexity index is 1040. The first kappa shape index (κ1) is 20.1. The van der Waals surface area contributed by atoms with Gasteiger partial charge in [-0.2, -0.15) is 0 Å². The number of carbonyl (C=O) groups is 2. The monoisotopic (exact) mass is 406 g/mol. The summed E-state index contributed by atoms with van der Waals surface area (Å²) in [6, 6.07) is 13.2. The van der Waals surface area contributed by atoms with Crippen molar-refractivity contribution in [1.82, 2.24) is 9.97 Å². The third-order valence-corrected chi connectivity index (χ3v) is 6.00. The number of hydrogen-bond donors (Lipinski definition) is 3. The number of carbonyl (C=O) groups excluding carboxylic acids is 2. The number of methoxy groups -OCH3 is 1. The second-order valence-electron chi connectivity index (χ2n) is 7.82. The van der Waals surface area contributed by atoms with Gasteiger partial charge in [-0.25, -0.2) is 4.98 Å². The largest absolute Gasteiger partial charge is 0.468 e. The van der Waals surface area contributed by atoms with Gasteiger partial charge < -0.3 is 20.8 Å². The quantitative estimate of drug-likeness (QED) is 0.562. The molecule has 1 aromatic carbocycles. The molecule has 2 aromatic heterocycles. The third kappa shape index (κ3) is 4.07. The Balaban J connectivity index is 1.45. The highest BCUT2D eigenvalue weighted by Gasteiger charge is 2.32. The van der Waals surface area contributed by atoms with Crippen molar-refractivity contribution in [3.63, 3.8) is 0 Å². The Morgan fingerprint density at radius 3 is 2.60 bits per heavy atom. The van der Waals surface area contributed by atoms with Gasteiger partial charge in [-0.3, -0.25) is 9.59 Å². The molecule has 1 atom stereocenters. The molecule has 0 aliphatic heterocycles. The van der Waals surface area contributed by atoms with Crippen LogP contribution in [0.5, 0.6) is 0 Å². The Morgan fingerprint density at radius 1 is 1.17 bits per heavy atom. The number of nitrogens with one attached hydrogen (secondary N) is 2. The van der Waals surface area contributed by atoms with Crippen molar-refractivity contribution >= 4 is 28.6 Å². The van der Waals surface area contributed by atoms with Crippen molar-refractivity contribution in [1.29, 1.82) is 0 Å². The fourth-order valence-electron chi connectivity index (χ4n) is 4.21. The van der Waals surface area contributed by atoms with E-state index in [9.17, 15) is 9.59 Å². The smallest absolute Gasteiger partial charge is 0.322 e. The van der Waals surface area contributed by atoms with Crippen LogP contribution in [0.4, 0.5) is 5.69 Å². The predicted molar refractivity (Wildman–Crippen MR) is 116 cm³/mol. The van der Waals surface area contributed by atoms with E-state index in [1.165, 1.54) is 7.11 Å². The molecule has 7 nitrogen and oxygen atoms in total. The van der Waals surface area contributed by atoms with Crippen molar-refractivity contribution < 1.29 is 14.3 Å². The van der Waals surface area contributed by atoms with E-state index < -0.39 is 6.04 Å². The second kappa shape index (κ2) is 8.67. The number of aromatic nitrogens is 2. The number of nitrogens with two attached hydrogens (primary N) is 1. The van der Waals surface area contributed by atoms with Crippen LogP contribution in [0.25, 0.3) is 22.3 Å². The van der Waals surface area contributed by atoms with E-state index in [1.807, 2.05) is 42.5 Å². The summed E-state index contributed by atoms with van der Waals surface area (Å²) in [4.78, 5) is 32.3. The zero-order valence-corrected chi connectivity index (χ0v) is 16.9. The van der Waals surface area contributed by atoms with Crippen LogP contribution in [-0.4, -0.2) is 35.0 Å². The molecule has 4 rings (SSSR count). The molecule has 1 amide bonds. The number of esters is 1. The van der Waals surface area contributed by atoms with Gasteiger partial charge in [-0.05, 0) is 49.3 Å². The van der Waals surface area contributed by atoms with Gasteiger partial charge in [0.05, 0.1) is 12.8 Å². The van der Waals surface area contributed by atoms with Crippen molar-refractivity contribution in [2.75, 3.05) is 12.4 Å². The highest BCUT2D eigenvalue weighted by Crippen LogP contribution is 2.33. The number of H-pyrrole nitrogens is 1. The van der Waals surface area contributed by atoms with E-state index >= 15 is 0 Å². The van der Waals surface area contributed by atoms with E-state index in [0.29, 0.717) is 12.8 Å². The minimum atomic E-state index is -0.616. The summed E-state index contributed by atoms with van der Waals surface area (Å²) < 4.78 is 4.74. The van der Waals surface area contributed by atoms with Crippen LogP contribution in [0.15, 0.2) is 48.7 Å². The molecule has 1 saturated carbocycles. The first-order chi connectivity index (χ1) is 14.6. The summed E-state index contributed by atoms with van der Waals surface area (Å²) in [5, 5.41) is 3.96. The molecule has 3 aromatic rings. The lowest BCUT2D eigenvalue weighted by Gasteiger charge is -2.30. The summed E-state index contributed by atoms with van der Waals surface area (Å²) >= 11 is 0. The van der Waals surface area contributed by atoms with Gasteiger partial charge in [-0.15, -0.1) is 0 Å². The molecule has 156 valence electrons. The molecule has 4 N–H and O–H groups in total. The number of amides is 1. The minimum Gasteiger partial charge on any atom is -0.468 e. The summed E-state index contributed by atoms with van der Waals surface area (Å²) in [7, 11) is 1.35. The summed E-state index contributed by atoms with van der Waals surface area (Å²) in [5.74, 6) is -0.423. The number of anilines is 1. The fraction of sp³-hybridized carbons (Fsp3) is 0.348. The number of rotatable bonds is 5. The molecule has 1 aliphatic rings. The van der Waals surface area contributed by atoms with Crippen molar-refractivity contribution in [2.45, 2.75) is 31.7 Å². The van der Waals surface area contributed by atoms with Crippen LogP contribution in [0, 0.1) is 11.8 Å². The van der Waals surface area contributed by atoms with Gasteiger partial charge >= 0.3 is 5.97 Å². The lowest BCUT2D eigenvalue weighted by atomic mass is 9.78. The number of hydrogen-bond acceptors (Lipinski definition) is 5. The van der Waals surface area contributed by atoms with Gasteiger partial charge in [0.25, 0.3) is 0 Å². The minimum absolute atomic E-state index is 0.00458. The van der Waals surface area contributed by atoms with Crippen LogP contribution in [0.2, 0.25) is 0 Å². The van der Waals surface area contributed by atoms with E-state index in [2.05, 4.69) is 15.3 Å². The third-order valence-electron chi connectivity index (χ3n) is 6.00. The lowest BCUT2D eigenvalue weighted by molar-refractivity contribution is -0.143. The molecule has 0 radical (unpaired) electrons. The molecule has 0 spiro atoms. The number of fused-ring (bicyclic) bond motifs is 1. The van der Waals surface area contributed by atoms with E-state index in [1.54, 1.807) is 6.20 Å². The maximum Gasteiger partial charge on any atom is 0.322 e. The number of ether oxygens (including phenoxy) is 1. The first-order valence-electron chi connectivity index (χ1n) is 10.2. The maximum atomic E-state index is 12.9. The molecule has 30 heavy (non-hydrogen) atoms. The Labute approximate surface area is 175 Å². The standard InChI is InChI=1S/C23H26N4O3/c1-30-23(29)20(24)15-7-9-16(10-8-15)22(28)27-18-11-12-25-21-17(18)13-19(26-21)14-5-3-2-4-6-14/h2-6,11-13,15-16,20H,7-10,24H2,1H3,(H2,25,26,27,28)/t15-,16-,20-/m1/s1. The van der Waals surface area contributed by atoms with Gasteiger partial charge in [0, 0.05) is 23.2 Å². The van der Waals surface area contributed by atoms with Crippen LogP contribution in [0.1, 0.15) is 25.7 Å². The van der Waals surface area contributed by atoms with Crippen LogP contribution in [-0.2, 0) is 14.3 Å². The van der Waals surface area contributed by atoms with Crippen molar-refractivity contribution in [3.05, 3.63) is 48.7 Å². The zero-order chi connectivity index (χ0) is 21.1. The Kier molecular flexibility index (Phi) is 5.81. The molecular weight excluding hydrogens is 380 g/mol. The molecule has 1 fully saturated rings. The van der Waals surface area contributed by atoms with Crippen molar-refractivity contribution in [2.24, 2.45) is 17.6 Å². The highest BCUT2D eigenvalue weighted by molar-refractivity contribution is 6.02. The Hall–Kier alpha value is -3.19. The zero-order valence-electron chi connectivity index (χ0n) is 16.9. The first-order valence-corrected chi connectivity index (χ1v) is 10.2. The fourth-order valence-corrected chi connectivity index (χ4v) is 4.21. The second-order valence-corrected chi connectivity index (χ2v) is 7.82. The summed E-state index contributed by atoms with van der Waals surface area (Å²) in [5.41, 5.74) is 9.48. The van der Waals surface area contributed by atoms with E-state index in [4.69, 9.17) is 10.5 Å². The highest BCUT2D eigenvalue weighted by atomic mass is 16.5. The molecule has 0 saturated heterocycles.